The molecule has 1 nitrogen and oxygen atoms in total. The van der Waals surface area contributed by atoms with E-state index in [4.69, 9.17) is 0 Å². The first-order valence-corrected chi connectivity index (χ1v) is 8.07. The zero-order chi connectivity index (χ0) is 13.5. The van der Waals surface area contributed by atoms with Gasteiger partial charge in [-0.05, 0) is 44.2 Å². The molecule has 0 radical (unpaired) electrons. The van der Waals surface area contributed by atoms with Gasteiger partial charge >= 0.3 is 0 Å². The van der Waals surface area contributed by atoms with Crippen LogP contribution in [0.25, 0.3) is 0 Å². The molecule has 0 bridgehead atoms. The van der Waals surface area contributed by atoms with Crippen LogP contribution in [0.5, 0.6) is 0 Å². The van der Waals surface area contributed by atoms with Crippen LogP contribution >= 0.6 is 0 Å². The van der Waals surface area contributed by atoms with E-state index in [1.807, 2.05) is 0 Å². The highest BCUT2D eigenvalue weighted by molar-refractivity contribution is 5.23. The SMILES string of the molecule is CCNC(CCC1CCCC1)Cc1cccc(C)c1. The minimum Gasteiger partial charge on any atom is -0.314 e. The molecule has 1 aromatic carbocycles. The van der Waals surface area contributed by atoms with E-state index < -0.39 is 0 Å². The van der Waals surface area contributed by atoms with Gasteiger partial charge in [0.15, 0.2) is 0 Å². The molecule has 2 rings (SSSR count). The number of aryl methyl sites for hydroxylation is 1. The topological polar surface area (TPSA) is 12.0 Å². The average Bonchev–Trinajstić information content (AvgIpc) is 2.89. The lowest BCUT2D eigenvalue weighted by Crippen LogP contribution is -2.31. The van der Waals surface area contributed by atoms with E-state index in [2.05, 4.69) is 43.4 Å². The summed E-state index contributed by atoms with van der Waals surface area (Å²) in [4.78, 5) is 0. The molecular formula is C18H29N. The van der Waals surface area contributed by atoms with E-state index in [-0.39, 0.29) is 0 Å². The van der Waals surface area contributed by atoms with Crippen LogP contribution in [0.4, 0.5) is 0 Å². The van der Waals surface area contributed by atoms with Crippen LogP contribution in [-0.2, 0) is 6.42 Å². The van der Waals surface area contributed by atoms with E-state index in [9.17, 15) is 0 Å². The molecule has 1 unspecified atom stereocenters. The van der Waals surface area contributed by atoms with Crippen LogP contribution in [-0.4, -0.2) is 12.6 Å². The number of hydrogen-bond acceptors (Lipinski definition) is 1. The fourth-order valence-corrected chi connectivity index (χ4v) is 3.42. The highest BCUT2D eigenvalue weighted by Crippen LogP contribution is 2.29. The second-order valence-electron chi connectivity index (χ2n) is 6.18. The molecule has 1 fully saturated rings. The van der Waals surface area contributed by atoms with Crippen molar-refractivity contribution in [3.8, 4) is 0 Å². The Hall–Kier alpha value is -0.820. The minimum atomic E-state index is 0.660. The third kappa shape index (κ3) is 4.99. The first-order valence-electron chi connectivity index (χ1n) is 8.07. The summed E-state index contributed by atoms with van der Waals surface area (Å²) in [5.41, 5.74) is 2.86. The summed E-state index contributed by atoms with van der Waals surface area (Å²) in [7, 11) is 0. The van der Waals surface area contributed by atoms with E-state index >= 15 is 0 Å². The van der Waals surface area contributed by atoms with Crippen molar-refractivity contribution in [1.82, 2.24) is 5.32 Å². The summed E-state index contributed by atoms with van der Waals surface area (Å²) in [6, 6.07) is 9.63. The van der Waals surface area contributed by atoms with Crippen molar-refractivity contribution in [2.45, 2.75) is 64.8 Å². The Kier molecular flexibility index (Phi) is 5.91. The molecule has 1 aliphatic carbocycles. The number of rotatable bonds is 7. The molecule has 1 N–H and O–H groups in total. The Morgan fingerprint density at radius 3 is 2.74 bits per heavy atom. The van der Waals surface area contributed by atoms with Crippen LogP contribution in [0.15, 0.2) is 24.3 Å². The van der Waals surface area contributed by atoms with Gasteiger partial charge in [0.05, 0.1) is 0 Å². The summed E-state index contributed by atoms with van der Waals surface area (Å²) >= 11 is 0. The summed E-state index contributed by atoms with van der Waals surface area (Å²) < 4.78 is 0. The van der Waals surface area contributed by atoms with E-state index in [0.717, 1.165) is 12.5 Å². The smallest absolute Gasteiger partial charge is 0.0107 e. The van der Waals surface area contributed by atoms with E-state index in [1.165, 1.54) is 56.1 Å². The van der Waals surface area contributed by atoms with Crippen molar-refractivity contribution in [2.75, 3.05) is 6.54 Å². The lowest BCUT2D eigenvalue weighted by Gasteiger charge is -2.20. The Morgan fingerprint density at radius 1 is 1.26 bits per heavy atom. The van der Waals surface area contributed by atoms with Gasteiger partial charge in [0, 0.05) is 6.04 Å². The zero-order valence-corrected chi connectivity index (χ0v) is 12.6. The summed E-state index contributed by atoms with van der Waals surface area (Å²) in [6.45, 7) is 5.49. The maximum absolute atomic E-state index is 3.67. The molecule has 0 saturated heterocycles. The number of likely N-dealkylation sites (N-methyl/N-ethyl adjacent to an activating group) is 1. The Morgan fingerprint density at radius 2 is 2.05 bits per heavy atom. The molecule has 0 aliphatic heterocycles. The van der Waals surface area contributed by atoms with Crippen molar-refractivity contribution >= 4 is 0 Å². The fraction of sp³-hybridized carbons (Fsp3) is 0.667. The van der Waals surface area contributed by atoms with Gasteiger partial charge in [-0.25, -0.2) is 0 Å². The Balaban J connectivity index is 1.84. The predicted molar refractivity (Wildman–Crippen MR) is 83.5 cm³/mol. The van der Waals surface area contributed by atoms with Crippen molar-refractivity contribution in [1.29, 1.82) is 0 Å². The van der Waals surface area contributed by atoms with Crippen molar-refractivity contribution in [3.05, 3.63) is 35.4 Å². The first-order chi connectivity index (χ1) is 9.28. The molecule has 19 heavy (non-hydrogen) atoms. The molecule has 1 atom stereocenters. The van der Waals surface area contributed by atoms with Gasteiger partial charge < -0.3 is 5.32 Å². The van der Waals surface area contributed by atoms with Crippen LogP contribution in [0.2, 0.25) is 0 Å². The molecule has 1 aromatic rings. The first kappa shape index (κ1) is 14.6. The summed E-state index contributed by atoms with van der Waals surface area (Å²) in [5, 5.41) is 3.67. The Labute approximate surface area is 118 Å². The number of benzene rings is 1. The number of nitrogens with one attached hydrogen (secondary N) is 1. The molecule has 0 amide bonds. The summed E-state index contributed by atoms with van der Waals surface area (Å²) in [6.07, 6.45) is 9.83. The maximum atomic E-state index is 3.67. The van der Waals surface area contributed by atoms with Crippen molar-refractivity contribution in [2.24, 2.45) is 5.92 Å². The highest BCUT2D eigenvalue weighted by Gasteiger charge is 2.17. The van der Waals surface area contributed by atoms with Crippen molar-refractivity contribution in [3.63, 3.8) is 0 Å². The molecule has 1 aliphatic rings. The summed E-state index contributed by atoms with van der Waals surface area (Å²) in [5.74, 6) is 1.01. The van der Waals surface area contributed by atoms with Gasteiger partial charge in [-0.2, -0.15) is 0 Å². The fourth-order valence-electron chi connectivity index (χ4n) is 3.42. The second kappa shape index (κ2) is 7.69. The van der Waals surface area contributed by atoms with Gasteiger partial charge in [0.2, 0.25) is 0 Å². The molecular weight excluding hydrogens is 230 g/mol. The lowest BCUT2D eigenvalue weighted by molar-refractivity contribution is 0.407. The zero-order valence-electron chi connectivity index (χ0n) is 12.6. The predicted octanol–water partition coefficient (Wildman–Crippen LogP) is 4.49. The van der Waals surface area contributed by atoms with Crippen molar-refractivity contribution < 1.29 is 0 Å². The molecule has 106 valence electrons. The standard InChI is InChI=1S/C18H29N/c1-3-19-18(12-11-16-8-4-5-9-16)14-17-10-6-7-15(2)13-17/h6-7,10,13,16,18-19H,3-5,8-9,11-12,14H2,1-2H3. The minimum absolute atomic E-state index is 0.660. The Bertz CT molecular complexity index is 366. The van der Waals surface area contributed by atoms with Gasteiger partial charge in [0.1, 0.15) is 0 Å². The molecule has 1 saturated carbocycles. The highest BCUT2D eigenvalue weighted by atomic mass is 14.9. The third-order valence-corrected chi connectivity index (χ3v) is 4.46. The van der Waals surface area contributed by atoms with Gasteiger partial charge in [0.25, 0.3) is 0 Å². The van der Waals surface area contributed by atoms with E-state index in [0.29, 0.717) is 6.04 Å². The van der Waals surface area contributed by atoms with Gasteiger partial charge in [-0.3, -0.25) is 0 Å². The molecule has 1 heteroatoms. The average molecular weight is 259 g/mol. The van der Waals surface area contributed by atoms with Gasteiger partial charge in [-0.15, -0.1) is 0 Å². The van der Waals surface area contributed by atoms with E-state index in [1.54, 1.807) is 0 Å². The quantitative estimate of drug-likeness (QED) is 0.761. The second-order valence-corrected chi connectivity index (χ2v) is 6.18. The maximum Gasteiger partial charge on any atom is 0.0107 e. The lowest BCUT2D eigenvalue weighted by atomic mass is 9.94. The normalized spacial score (nSPS) is 17.8. The number of hydrogen-bond donors (Lipinski definition) is 1. The molecule has 0 heterocycles. The third-order valence-electron chi connectivity index (χ3n) is 4.46. The molecule has 0 spiro atoms. The van der Waals surface area contributed by atoms with Crippen LogP contribution < -0.4 is 5.32 Å². The largest absolute Gasteiger partial charge is 0.314 e. The van der Waals surface area contributed by atoms with Crippen LogP contribution in [0, 0.1) is 12.8 Å². The van der Waals surface area contributed by atoms with Crippen LogP contribution in [0.3, 0.4) is 0 Å². The van der Waals surface area contributed by atoms with Gasteiger partial charge in [-0.1, -0.05) is 62.4 Å². The van der Waals surface area contributed by atoms with Crippen LogP contribution in [0.1, 0.15) is 56.6 Å². The monoisotopic (exact) mass is 259 g/mol. The molecule has 0 aromatic heterocycles.